The summed E-state index contributed by atoms with van der Waals surface area (Å²) in [7, 11) is 1.67. The van der Waals surface area contributed by atoms with Crippen molar-refractivity contribution in [3.63, 3.8) is 0 Å². The van der Waals surface area contributed by atoms with Crippen molar-refractivity contribution in [1.29, 1.82) is 0 Å². The second-order valence-corrected chi connectivity index (χ2v) is 4.58. The van der Waals surface area contributed by atoms with Gasteiger partial charge in [-0.25, -0.2) is 0 Å². The van der Waals surface area contributed by atoms with Gasteiger partial charge in [-0.15, -0.1) is 0 Å². The molecule has 7 nitrogen and oxygen atoms in total. The summed E-state index contributed by atoms with van der Waals surface area (Å²) in [4.78, 5) is 14.7. The predicted octanol–water partition coefficient (Wildman–Crippen LogP) is 1.84. The number of hydrogen-bond acceptors (Lipinski definition) is 5. The van der Waals surface area contributed by atoms with Gasteiger partial charge in [0.2, 0.25) is 0 Å². The number of aromatic nitrogens is 1. The first-order chi connectivity index (χ1) is 10.6. The van der Waals surface area contributed by atoms with Crippen LogP contribution < -0.4 is 10.7 Å². The SMILES string of the molecule is CNC(=S)N/N=C(\c1cccc([N+](=O)[O-])c1)c1ccccn1. The van der Waals surface area contributed by atoms with Crippen LogP contribution in [0.15, 0.2) is 53.8 Å². The van der Waals surface area contributed by atoms with Crippen LogP contribution in [0.4, 0.5) is 5.69 Å². The fourth-order valence-electron chi connectivity index (χ4n) is 1.70. The number of hydrogen-bond donors (Lipinski definition) is 2. The molecule has 0 aliphatic carbocycles. The van der Waals surface area contributed by atoms with E-state index in [0.29, 0.717) is 22.1 Å². The average molecular weight is 315 g/mol. The molecule has 2 rings (SSSR count). The quantitative estimate of drug-likeness (QED) is 0.387. The molecule has 112 valence electrons. The Kier molecular flexibility index (Phi) is 5.10. The number of thiocarbonyl (C=S) groups is 1. The molecule has 0 bridgehead atoms. The van der Waals surface area contributed by atoms with Crippen molar-refractivity contribution in [2.24, 2.45) is 5.10 Å². The van der Waals surface area contributed by atoms with Gasteiger partial charge in [0.15, 0.2) is 5.11 Å². The molecule has 0 atom stereocenters. The van der Waals surface area contributed by atoms with E-state index in [1.165, 1.54) is 12.1 Å². The highest BCUT2D eigenvalue weighted by Crippen LogP contribution is 2.16. The number of nitro benzene ring substituents is 1. The van der Waals surface area contributed by atoms with Crippen molar-refractivity contribution in [3.05, 3.63) is 70.0 Å². The lowest BCUT2D eigenvalue weighted by molar-refractivity contribution is -0.384. The van der Waals surface area contributed by atoms with Crippen LogP contribution in [0.3, 0.4) is 0 Å². The standard InChI is InChI=1S/C14H13N5O2S/c1-15-14(22)18-17-13(12-7-2-3-8-16-12)10-5-4-6-11(9-10)19(20)21/h2-9H,1H3,(H2,15,18,22)/b17-13+. The second kappa shape index (κ2) is 7.23. The van der Waals surface area contributed by atoms with Gasteiger partial charge < -0.3 is 5.32 Å². The topological polar surface area (TPSA) is 92.5 Å². The highest BCUT2D eigenvalue weighted by molar-refractivity contribution is 7.80. The highest BCUT2D eigenvalue weighted by Gasteiger charge is 2.13. The van der Waals surface area contributed by atoms with Gasteiger partial charge in [-0.1, -0.05) is 18.2 Å². The van der Waals surface area contributed by atoms with Crippen molar-refractivity contribution in [2.75, 3.05) is 7.05 Å². The lowest BCUT2D eigenvalue weighted by Gasteiger charge is -2.08. The Morgan fingerprint density at radius 3 is 2.77 bits per heavy atom. The van der Waals surface area contributed by atoms with E-state index in [-0.39, 0.29) is 5.69 Å². The number of rotatable bonds is 4. The van der Waals surface area contributed by atoms with Gasteiger partial charge in [-0.2, -0.15) is 5.10 Å². The van der Waals surface area contributed by atoms with Crippen molar-refractivity contribution in [1.82, 2.24) is 15.7 Å². The Morgan fingerprint density at radius 2 is 2.14 bits per heavy atom. The Bertz CT molecular complexity index is 718. The zero-order valence-corrected chi connectivity index (χ0v) is 12.5. The Morgan fingerprint density at radius 1 is 1.32 bits per heavy atom. The number of nitro groups is 1. The summed E-state index contributed by atoms with van der Waals surface area (Å²) in [5.41, 5.74) is 4.27. The minimum Gasteiger partial charge on any atom is -0.364 e. The molecule has 0 spiro atoms. The maximum atomic E-state index is 10.9. The van der Waals surface area contributed by atoms with Crippen LogP contribution >= 0.6 is 12.2 Å². The lowest BCUT2D eigenvalue weighted by atomic mass is 10.1. The monoisotopic (exact) mass is 315 g/mol. The average Bonchev–Trinajstić information content (AvgIpc) is 2.56. The molecule has 0 saturated carbocycles. The molecule has 0 aliphatic rings. The van der Waals surface area contributed by atoms with Gasteiger partial charge in [-0.3, -0.25) is 20.5 Å². The maximum Gasteiger partial charge on any atom is 0.270 e. The normalized spacial score (nSPS) is 10.9. The highest BCUT2D eigenvalue weighted by atomic mass is 32.1. The van der Waals surface area contributed by atoms with E-state index in [0.717, 1.165) is 0 Å². The molecule has 22 heavy (non-hydrogen) atoms. The van der Waals surface area contributed by atoms with Crippen LogP contribution in [0.1, 0.15) is 11.3 Å². The van der Waals surface area contributed by atoms with Crippen LogP contribution in [0.25, 0.3) is 0 Å². The first kappa shape index (κ1) is 15.5. The number of benzene rings is 1. The molecule has 2 aromatic rings. The summed E-state index contributed by atoms with van der Waals surface area (Å²) in [5, 5.41) is 18.2. The van der Waals surface area contributed by atoms with E-state index in [2.05, 4.69) is 20.8 Å². The minimum absolute atomic E-state index is 0.0164. The lowest BCUT2D eigenvalue weighted by Crippen LogP contribution is -2.29. The molecule has 0 saturated heterocycles. The van der Waals surface area contributed by atoms with Gasteiger partial charge in [-0.05, 0) is 24.4 Å². The van der Waals surface area contributed by atoms with Crippen molar-refractivity contribution in [3.8, 4) is 0 Å². The molecule has 8 heteroatoms. The molecule has 0 unspecified atom stereocenters. The van der Waals surface area contributed by atoms with Crippen LogP contribution in [-0.2, 0) is 0 Å². The van der Waals surface area contributed by atoms with Crippen LogP contribution in [0.2, 0.25) is 0 Å². The number of nitrogens with one attached hydrogen (secondary N) is 2. The summed E-state index contributed by atoms with van der Waals surface area (Å²) >= 11 is 4.98. The van der Waals surface area contributed by atoms with E-state index in [1.807, 2.05) is 6.07 Å². The maximum absolute atomic E-state index is 10.9. The Labute approximate surface area is 132 Å². The van der Waals surface area contributed by atoms with Crippen LogP contribution in [0, 0.1) is 10.1 Å². The zero-order valence-electron chi connectivity index (χ0n) is 11.7. The van der Waals surface area contributed by atoms with Crippen molar-refractivity contribution < 1.29 is 4.92 Å². The molecule has 1 aromatic heterocycles. The number of hydrazone groups is 1. The minimum atomic E-state index is -0.453. The molecule has 0 aliphatic heterocycles. The van der Waals surface area contributed by atoms with Gasteiger partial charge in [0, 0.05) is 30.9 Å². The van der Waals surface area contributed by atoms with Gasteiger partial charge in [0.25, 0.3) is 5.69 Å². The molecule has 0 amide bonds. The fraction of sp³-hybridized carbons (Fsp3) is 0.0714. The summed E-state index contributed by atoms with van der Waals surface area (Å²) in [6, 6.07) is 11.5. The number of pyridine rings is 1. The number of nitrogens with zero attached hydrogens (tertiary/aromatic N) is 3. The molecule has 1 heterocycles. The zero-order chi connectivity index (χ0) is 15.9. The fourth-order valence-corrected chi connectivity index (χ4v) is 1.75. The van der Waals surface area contributed by atoms with E-state index >= 15 is 0 Å². The summed E-state index contributed by atoms with van der Waals surface area (Å²) in [5.74, 6) is 0. The molecule has 0 radical (unpaired) electrons. The first-order valence-corrected chi connectivity index (χ1v) is 6.74. The van der Waals surface area contributed by atoms with E-state index < -0.39 is 4.92 Å². The smallest absolute Gasteiger partial charge is 0.270 e. The summed E-state index contributed by atoms with van der Waals surface area (Å²) < 4.78 is 0. The third-order valence-electron chi connectivity index (χ3n) is 2.73. The van der Waals surface area contributed by atoms with E-state index in [9.17, 15) is 10.1 Å². The van der Waals surface area contributed by atoms with Crippen molar-refractivity contribution in [2.45, 2.75) is 0 Å². The van der Waals surface area contributed by atoms with Gasteiger partial charge >= 0.3 is 0 Å². The number of non-ortho nitro benzene ring substituents is 1. The largest absolute Gasteiger partial charge is 0.364 e. The van der Waals surface area contributed by atoms with Crippen molar-refractivity contribution >= 4 is 28.7 Å². The third kappa shape index (κ3) is 3.83. The molecular weight excluding hydrogens is 302 g/mol. The van der Waals surface area contributed by atoms with Gasteiger partial charge in [0.05, 0.1) is 10.6 Å². The van der Waals surface area contributed by atoms with E-state index in [4.69, 9.17) is 12.2 Å². The Hall–Kier alpha value is -2.87. The Balaban J connectivity index is 2.47. The molecule has 2 N–H and O–H groups in total. The van der Waals surface area contributed by atoms with Crippen LogP contribution in [-0.4, -0.2) is 27.8 Å². The molecule has 0 fully saturated rings. The third-order valence-corrected chi connectivity index (χ3v) is 3.03. The van der Waals surface area contributed by atoms with Gasteiger partial charge in [0.1, 0.15) is 5.71 Å². The summed E-state index contributed by atoms with van der Waals surface area (Å²) in [6.07, 6.45) is 1.62. The second-order valence-electron chi connectivity index (χ2n) is 4.17. The van der Waals surface area contributed by atoms with E-state index in [1.54, 1.807) is 37.5 Å². The predicted molar refractivity (Wildman–Crippen MR) is 87.8 cm³/mol. The first-order valence-electron chi connectivity index (χ1n) is 6.33. The summed E-state index contributed by atoms with van der Waals surface area (Å²) in [6.45, 7) is 0. The molecular formula is C14H13N5O2S. The van der Waals surface area contributed by atoms with Crippen LogP contribution in [0.5, 0.6) is 0 Å². The molecule has 1 aromatic carbocycles.